The normalized spacial score (nSPS) is 15.6. The number of likely N-dealkylation sites (tertiary alicyclic amines) is 1. The van der Waals surface area contributed by atoms with Crippen LogP contribution in [0.15, 0.2) is 42.5 Å². The maximum Gasteiger partial charge on any atom is 0.293 e. The molecule has 0 unspecified atom stereocenters. The third kappa shape index (κ3) is 10.0. The predicted molar refractivity (Wildman–Crippen MR) is 165 cm³/mol. The number of benzene rings is 2. The van der Waals surface area contributed by atoms with Crippen molar-refractivity contribution in [2.24, 2.45) is 0 Å². The van der Waals surface area contributed by atoms with Crippen molar-refractivity contribution in [1.82, 2.24) is 4.90 Å². The molecule has 2 aliphatic rings. The van der Waals surface area contributed by atoms with Gasteiger partial charge in [0.05, 0.1) is 19.3 Å². The Kier molecular flexibility index (Phi) is 14.2. The van der Waals surface area contributed by atoms with Crippen molar-refractivity contribution in [1.29, 1.82) is 0 Å². The number of anilines is 2. The van der Waals surface area contributed by atoms with Crippen LogP contribution in [0.1, 0.15) is 71.8 Å². The van der Waals surface area contributed by atoms with Crippen LogP contribution in [0.4, 0.5) is 11.4 Å². The molecule has 0 N–H and O–H groups in total. The van der Waals surface area contributed by atoms with E-state index in [0.29, 0.717) is 12.6 Å². The Labute approximate surface area is 243 Å². The molecule has 222 valence electrons. The van der Waals surface area contributed by atoms with E-state index in [4.69, 9.17) is 13.8 Å². The van der Waals surface area contributed by atoms with E-state index in [0.717, 1.165) is 88.8 Å². The summed E-state index contributed by atoms with van der Waals surface area (Å²) in [4.78, 5) is 14.2. The number of carbonyl (C=O) groups is 1. The van der Waals surface area contributed by atoms with E-state index in [1.54, 1.807) is 13.8 Å². The van der Waals surface area contributed by atoms with Crippen LogP contribution in [-0.2, 0) is 25.0 Å². The van der Waals surface area contributed by atoms with Crippen molar-refractivity contribution in [2.45, 2.75) is 84.8 Å². The van der Waals surface area contributed by atoms with Gasteiger partial charge in [-0.15, -0.1) is 0 Å². The van der Waals surface area contributed by atoms with Gasteiger partial charge < -0.3 is 28.3 Å². The number of fused-ring (bicyclic) bond motifs is 1. The Bertz CT molecular complexity index is 985. The second-order valence-electron chi connectivity index (χ2n) is 10.7. The first-order valence-electron chi connectivity index (χ1n) is 15.0. The van der Waals surface area contributed by atoms with Gasteiger partial charge in [-0.25, -0.2) is 0 Å². The highest BCUT2D eigenvalue weighted by atomic mass is 31.2. The lowest BCUT2D eigenvalue weighted by Crippen LogP contribution is -2.35. The largest absolute Gasteiger partial charge is 0.490 e. The van der Waals surface area contributed by atoms with Gasteiger partial charge in [0.15, 0.2) is 0 Å². The van der Waals surface area contributed by atoms with Crippen molar-refractivity contribution in [3.8, 4) is 5.75 Å². The second-order valence-corrected chi connectivity index (χ2v) is 12.3. The van der Waals surface area contributed by atoms with Gasteiger partial charge >= 0.3 is 0 Å². The Hall–Kier alpha value is -2.18. The van der Waals surface area contributed by atoms with Crippen LogP contribution in [0, 0.1) is 0 Å². The molecule has 2 heterocycles. The van der Waals surface area contributed by atoms with E-state index in [1.165, 1.54) is 16.9 Å². The van der Waals surface area contributed by atoms with Crippen LogP contribution in [0.2, 0.25) is 0 Å². The molecule has 7 nitrogen and oxygen atoms in total. The van der Waals surface area contributed by atoms with Gasteiger partial charge in [0.1, 0.15) is 11.9 Å². The lowest BCUT2D eigenvalue weighted by molar-refractivity contribution is -0.131. The minimum atomic E-state index is -1.02. The highest BCUT2D eigenvalue weighted by Crippen LogP contribution is 2.42. The number of unbranched alkanes of at least 4 members (excludes halogenated alkanes) is 2. The smallest absolute Gasteiger partial charge is 0.293 e. The molecule has 40 heavy (non-hydrogen) atoms. The van der Waals surface area contributed by atoms with Gasteiger partial charge in [-0.2, -0.15) is 0 Å². The molecule has 2 aliphatic heterocycles. The van der Waals surface area contributed by atoms with Gasteiger partial charge in [0, 0.05) is 41.9 Å². The Balaban J connectivity index is 0.000000663. The quantitative estimate of drug-likeness (QED) is 0.137. The summed E-state index contributed by atoms with van der Waals surface area (Å²) in [7, 11) is 1.18. The molecule has 2 aromatic rings. The molecule has 0 bridgehead atoms. The van der Waals surface area contributed by atoms with Gasteiger partial charge in [0.25, 0.3) is 6.47 Å². The summed E-state index contributed by atoms with van der Waals surface area (Å²) < 4.78 is 23.1. The van der Waals surface area contributed by atoms with Gasteiger partial charge in [-0.1, -0.05) is 32.8 Å². The van der Waals surface area contributed by atoms with Crippen molar-refractivity contribution in [2.75, 3.05) is 44.8 Å². The molecule has 1 saturated heterocycles. The summed E-state index contributed by atoms with van der Waals surface area (Å²) >= 11 is 0. The highest BCUT2D eigenvalue weighted by Gasteiger charge is 2.26. The summed E-state index contributed by atoms with van der Waals surface area (Å²) in [6.07, 6.45) is 8.00. The molecule has 0 spiro atoms. The lowest BCUT2D eigenvalue weighted by atomic mass is 10.1. The van der Waals surface area contributed by atoms with E-state index in [1.807, 2.05) is 0 Å². The van der Waals surface area contributed by atoms with Crippen LogP contribution < -0.4 is 14.9 Å². The average molecular weight is 573 g/mol. The van der Waals surface area contributed by atoms with Crippen molar-refractivity contribution < 1.29 is 23.3 Å². The van der Waals surface area contributed by atoms with E-state index in [9.17, 15) is 4.79 Å². The van der Waals surface area contributed by atoms with Crippen LogP contribution >= 0.6 is 8.38 Å². The van der Waals surface area contributed by atoms with E-state index >= 15 is 0 Å². The molecule has 0 atom stereocenters. The Morgan fingerprint density at radius 3 is 2.15 bits per heavy atom. The molecule has 2 aromatic carbocycles. The van der Waals surface area contributed by atoms with Crippen molar-refractivity contribution >= 4 is 31.5 Å². The molecule has 0 aliphatic carbocycles. The van der Waals surface area contributed by atoms with Crippen LogP contribution in [-0.4, -0.2) is 63.5 Å². The first-order valence-corrected chi connectivity index (χ1v) is 16.1. The monoisotopic (exact) mass is 572 g/mol. The van der Waals surface area contributed by atoms with Gasteiger partial charge in [0.2, 0.25) is 8.38 Å². The third-order valence-corrected chi connectivity index (χ3v) is 8.61. The van der Waals surface area contributed by atoms with Crippen molar-refractivity contribution in [3.05, 3.63) is 48.0 Å². The number of nitrogens with zero attached hydrogens (tertiary/aromatic N) is 2. The number of hydrogen-bond donors (Lipinski definition) is 0. The molecule has 0 amide bonds. The maximum absolute atomic E-state index is 9.39. The van der Waals surface area contributed by atoms with Crippen LogP contribution in [0.5, 0.6) is 5.75 Å². The maximum atomic E-state index is 9.39. The predicted octanol–water partition coefficient (Wildman–Crippen LogP) is 6.99. The van der Waals surface area contributed by atoms with Crippen LogP contribution in [0.3, 0.4) is 0 Å². The number of piperidine rings is 1. The molecule has 0 radical (unpaired) electrons. The fourth-order valence-electron chi connectivity index (χ4n) is 4.70. The number of carbonyl (C=O) groups excluding carboxylic acids is 1. The first kappa shape index (κ1) is 32.3. The average Bonchev–Trinajstić information content (AvgIpc) is 3.39. The SMILES string of the molecule is CC(C)OC=O.CCCCOP(OCCCC)c1ccc(N2CCc3c(OC4CCN(C)CC4)cccc32)cc1. The lowest BCUT2D eigenvalue weighted by Gasteiger charge is -2.30. The molecule has 0 saturated carbocycles. The van der Waals surface area contributed by atoms with Gasteiger partial charge in [-0.05, 0) is 89.4 Å². The molecule has 4 rings (SSSR count). The van der Waals surface area contributed by atoms with E-state index in [2.05, 4.69) is 77.9 Å². The van der Waals surface area contributed by atoms with Crippen molar-refractivity contribution in [3.63, 3.8) is 0 Å². The molecule has 8 heteroatoms. The Morgan fingerprint density at radius 2 is 1.60 bits per heavy atom. The Morgan fingerprint density at radius 1 is 0.950 bits per heavy atom. The molecular formula is C32H49N2O5P. The molecular weight excluding hydrogens is 523 g/mol. The number of hydrogen-bond acceptors (Lipinski definition) is 7. The summed E-state index contributed by atoms with van der Waals surface area (Å²) in [5.74, 6) is 1.07. The zero-order valence-electron chi connectivity index (χ0n) is 25.1. The summed E-state index contributed by atoms with van der Waals surface area (Å²) in [6, 6.07) is 15.3. The standard InChI is InChI=1S/C28H41N2O3P.C4H8O2/c1-4-6-21-31-34(32-22-7-5-2)25-13-11-23(12-14-25)30-20-17-26-27(30)9-8-10-28(26)33-24-15-18-29(3)19-16-24;1-4(2)6-3-5/h8-14,24H,4-7,15-22H2,1-3H3;3-4H,1-2H3. The fraction of sp³-hybridized carbons (Fsp3) is 0.594. The zero-order chi connectivity index (χ0) is 28.7. The zero-order valence-corrected chi connectivity index (χ0v) is 26.0. The van der Waals surface area contributed by atoms with Gasteiger partial charge in [-0.3, -0.25) is 4.79 Å². The van der Waals surface area contributed by atoms with E-state index in [-0.39, 0.29) is 6.10 Å². The topological polar surface area (TPSA) is 60.5 Å². The highest BCUT2D eigenvalue weighted by molar-refractivity contribution is 7.56. The minimum absolute atomic E-state index is 0.0301. The molecule has 0 aromatic heterocycles. The second kappa shape index (κ2) is 17.6. The summed E-state index contributed by atoms with van der Waals surface area (Å²) in [5.41, 5.74) is 3.84. The first-order chi connectivity index (χ1) is 19.5. The number of rotatable bonds is 14. The molecule has 1 fully saturated rings. The number of ether oxygens (including phenoxy) is 2. The third-order valence-electron chi connectivity index (χ3n) is 7.06. The van der Waals surface area contributed by atoms with Crippen LogP contribution in [0.25, 0.3) is 0 Å². The van der Waals surface area contributed by atoms with E-state index < -0.39 is 8.38 Å². The fourth-order valence-corrected chi connectivity index (χ4v) is 6.05. The minimum Gasteiger partial charge on any atom is -0.490 e. The summed E-state index contributed by atoms with van der Waals surface area (Å²) in [6.45, 7) is 13.2. The summed E-state index contributed by atoms with van der Waals surface area (Å²) in [5, 5.41) is 1.16.